The van der Waals surface area contributed by atoms with Crippen LogP contribution >= 0.6 is 11.3 Å². The number of aromatic nitrogens is 1. The molecule has 0 unspecified atom stereocenters. The van der Waals surface area contributed by atoms with Crippen molar-refractivity contribution in [1.82, 2.24) is 9.29 Å². The minimum absolute atomic E-state index is 0.209. The first kappa shape index (κ1) is 14.2. The van der Waals surface area contributed by atoms with Crippen LogP contribution in [0.1, 0.15) is 19.3 Å². The third-order valence-corrected chi connectivity index (χ3v) is 5.90. The number of ether oxygens (including phenoxy) is 1. The maximum atomic E-state index is 11.7. The third-order valence-electron chi connectivity index (χ3n) is 3.94. The quantitative estimate of drug-likeness (QED) is 0.905. The molecule has 3 heterocycles. The van der Waals surface area contributed by atoms with Crippen molar-refractivity contribution < 1.29 is 13.2 Å². The Labute approximate surface area is 123 Å². The van der Waals surface area contributed by atoms with Crippen LogP contribution in [-0.4, -0.2) is 55.3 Å². The van der Waals surface area contributed by atoms with Gasteiger partial charge in [-0.05, 0) is 12.8 Å². The fourth-order valence-electron chi connectivity index (χ4n) is 3.03. The maximum absolute atomic E-state index is 11.7. The van der Waals surface area contributed by atoms with E-state index in [4.69, 9.17) is 4.74 Å². The number of anilines is 1. The molecule has 1 spiro atoms. The first-order valence-corrected chi connectivity index (χ1v) is 9.45. The molecule has 2 aliphatic rings. The Kier molecular flexibility index (Phi) is 3.74. The highest BCUT2D eigenvalue weighted by Crippen LogP contribution is 2.36. The number of nitrogens with one attached hydrogen (secondary N) is 1. The summed E-state index contributed by atoms with van der Waals surface area (Å²) >= 11 is 1.57. The Bertz CT molecular complexity index is 561. The van der Waals surface area contributed by atoms with Crippen molar-refractivity contribution in [2.24, 2.45) is 0 Å². The average molecular weight is 317 g/mol. The molecule has 0 aliphatic carbocycles. The van der Waals surface area contributed by atoms with Gasteiger partial charge in [0.2, 0.25) is 10.0 Å². The average Bonchev–Trinajstić information content (AvgIpc) is 3.00. The van der Waals surface area contributed by atoms with E-state index in [1.807, 2.05) is 5.38 Å². The lowest BCUT2D eigenvalue weighted by Gasteiger charge is -2.38. The Balaban J connectivity index is 1.65. The second-order valence-corrected chi connectivity index (χ2v) is 8.45. The van der Waals surface area contributed by atoms with Crippen molar-refractivity contribution in [3.05, 3.63) is 11.6 Å². The number of rotatable bonds is 3. The summed E-state index contributed by atoms with van der Waals surface area (Å²) in [6.45, 7) is 1.69. The van der Waals surface area contributed by atoms with Gasteiger partial charge in [0.05, 0.1) is 24.5 Å². The van der Waals surface area contributed by atoms with Gasteiger partial charge in [0, 0.05) is 31.1 Å². The van der Waals surface area contributed by atoms with Gasteiger partial charge in [0.1, 0.15) is 0 Å². The molecule has 0 amide bonds. The van der Waals surface area contributed by atoms with Crippen molar-refractivity contribution in [1.29, 1.82) is 0 Å². The van der Waals surface area contributed by atoms with Gasteiger partial charge < -0.3 is 10.1 Å². The van der Waals surface area contributed by atoms with Crippen LogP contribution in [0.15, 0.2) is 11.6 Å². The summed E-state index contributed by atoms with van der Waals surface area (Å²) in [5, 5.41) is 6.19. The van der Waals surface area contributed by atoms with Crippen molar-refractivity contribution in [3.8, 4) is 0 Å². The molecule has 2 aliphatic heterocycles. The van der Waals surface area contributed by atoms with Gasteiger partial charge in [-0.3, -0.25) is 0 Å². The normalized spacial score (nSPS) is 31.8. The van der Waals surface area contributed by atoms with Crippen LogP contribution in [-0.2, 0) is 14.8 Å². The fourth-order valence-corrected chi connectivity index (χ4v) is 4.57. The standard InChI is InChI=1S/C12H19N3O3S2/c1-20(16,17)15-5-2-3-12(9-15)7-10(8-18-12)14-11-13-4-6-19-11/h4,6,10H,2-3,5,7-9H2,1H3,(H,13,14)/t10-,12-/m1/s1. The molecule has 6 nitrogen and oxygen atoms in total. The van der Waals surface area contributed by atoms with Crippen molar-refractivity contribution in [2.45, 2.75) is 30.9 Å². The lowest BCUT2D eigenvalue weighted by Crippen LogP contribution is -2.50. The molecule has 2 saturated heterocycles. The van der Waals surface area contributed by atoms with E-state index in [9.17, 15) is 8.42 Å². The van der Waals surface area contributed by atoms with Crippen LogP contribution < -0.4 is 5.32 Å². The third kappa shape index (κ3) is 2.98. The molecule has 1 aromatic heterocycles. The second kappa shape index (κ2) is 5.25. The number of hydrogen-bond donors (Lipinski definition) is 1. The SMILES string of the molecule is CS(=O)(=O)N1CCC[C@@]2(C[C@@H](Nc3nccs3)CO2)C1. The van der Waals surface area contributed by atoms with Crippen LogP contribution in [0.5, 0.6) is 0 Å². The van der Waals surface area contributed by atoms with E-state index in [-0.39, 0.29) is 11.6 Å². The number of nitrogens with zero attached hydrogens (tertiary/aromatic N) is 2. The lowest BCUT2D eigenvalue weighted by atomic mass is 9.90. The zero-order chi connectivity index (χ0) is 14.2. The van der Waals surface area contributed by atoms with Crippen molar-refractivity contribution in [2.75, 3.05) is 31.3 Å². The highest BCUT2D eigenvalue weighted by molar-refractivity contribution is 7.88. The van der Waals surface area contributed by atoms with Crippen LogP contribution in [0, 0.1) is 0 Å². The van der Waals surface area contributed by atoms with E-state index in [0.29, 0.717) is 19.7 Å². The molecule has 8 heteroatoms. The first-order valence-electron chi connectivity index (χ1n) is 6.72. The van der Waals surface area contributed by atoms with E-state index in [0.717, 1.165) is 24.4 Å². The molecular formula is C12H19N3O3S2. The van der Waals surface area contributed by atoms with Gasteiger partial charge in [-0.15, -0.1) is 11.3 Å². The van der Waals surface area contributed by atoms with E-state index in [2.05, 4.69) is 10.3 Å². The Hall–Kier alpha value is -0.700. The Morgan fingerprint density at radius 2 is 2.45 bits per heavy atom. The van der Waals surface area contributed by atoms with Gasteiger partial charge in [-0.25, -0.2) is 13.4 Å². The van der Waals surface area contributed by atoms with Gasteiger partial charge in [0.25, 0.3) is 0 Å². The molecule has 112 valence electrons. The van der Waals surface area contributed by atoms with Crippen LogP contribution in [0.4, 0.5) is 5.13 Å². The minimum atomic E-state index is -3.13. The van der Waals surface area contributed by atoms with Gasteiger partial charge in [-0.2, -0.15) is 4.31 Å². The van der Waals surface area contributed by atoms with E-state index < -0.39 is 10.0 Å². The molecule has 0 saturated carbocycles. The van der Waals surface area contributed by atoms with Crippen LogP contribution in [0.3, 0.4) is 0 Å². The highest BCUT2D eigenvalue weighted by atomic mass is 32.2. The largest absolute Gasteiger partial charge is 0.371 e. The van der Waals surface area contributed by atoms with E-state index >= 15 is 0 Å². The minimum Gasteiger partial charge on any atom is -0.371 e. The molecule has 0 aromatic carbocycles. The van der Waals surface area contributed by atoms with Gasteiger partial charge in [-0.1, -0.05) is 0 Å². The smallest absolute Gasteiger partial charge is 0.211 e. The zero-order valence-corrected chi connectivity index (χ0v) is 13.0. The lowest BCUT2D eigenvalue weighted by molar-refractivity contribution is -0.0328. The predicted octanol–water partition coefficient (Wildman–Crippen LogP) is 1.14. The molecule has 0 radical (unpaired) electrons. The highest BCUT2D eigenvalue weighted by Gasteiger charge is 2.45. The number of thiazole rings is 1. The van der Waals surface area contributed by atoms with E-state index in [1.165, 1.54) is 6.26 Å². The second-order valence-electron chi connectivity index (χ2n) is 5.58. The topological polar surface area (TPSA) is 71.5 Å². The molecule has 20 heavy (non-hydrogen) atoms. The monoisotopic (exact) mass is 317 g/mol. The molecule has 2 atom stereocenters. The summed E-state index contributed by atoms with van der Waals surface area (Å²) in [7, 11) is -3.13. The summed E-state index contributed by atoms with van der Waals surface area (Å²) < 4.78 is 30.9. The summed E-state index contributed by atoms with van der Waals surface area (Å²) in [6.07, 6.45) is 5.65. The first-order chi connectivity index (χ1) is 9.47. The Morgan fingerprint density at radius 1 is 1.60 bits per heavy atom. The fraction of sp³-hybridized carbons (Fsp3) is 0.750. The number of sulfonamides is 1. The van der Waals surface area contributed by atoms with Crippen LogP contribution in [0.2, 0.25) is 0 Å². The molecule has 3 rings (SSSR count). The molecule has 0 bridgehead atoms. The molecule has 2 fully saturated rings. The zero-order valence-electron chi connectivity index (χ0n) is 11.4. The number of piperidine rings is 1. The summed E-state index contributed by atoms with van der Waals surface area (Å²) in [5.41, 5.74) is -0.323. The number of hydrogen-bond acceptors (Lipinski definition) is 6. The molecule has 1 aromatic rings. The maximum Gasteiger partial charge on any atom is 0.211 e. The van der Waals surface area contributed by atoms with Crippen LogP contribution in [0.25, 0.3) is 0 Å². The molecular weight excluding hydrogens is 298 g/mol. The Morgan fingerprint density at radius 3 is 3.15 bits per heavy atom. The van der Waals surface area contributed by atoms with E-state index in [1.54, 1.807) is 21.8 Å². The summed E-state index contributed by atoms with van der Waals surface area (Å²) in [4.78, 5) is 4.21. The summed E-state index contributed by atoms with van der Waals surface area (Å²) in [5.74, 6) is 0. The van der Waals surface area contributed by atoms with Crippen molar-refractivity contribution >= 4 is 26.5 Å². The summed E-state index contributed by atoms with van der Waals surface area (Å²) in [6, 6.07) is 0.209. The van der Waals surface area contributed by atoms with Crippen molar-refractivity contribution in [3.63, 3.8) is 0 Å². The van der Waals surface area contributed by atoms with Gasteiger partial charge >= 0.3 is 0 Å². The predicted molar refractivity (Wildman–Crippen MR) is 78.5 cm³/mol. The van der Waals surface area contributed by atoms with Gasteiger partial charge in [0.15, 0.2) is 5.13 Å². The molecule has 1 N–H and O–H groups in total.